The van der Waals surface area contributed by atoms with E-state index in [0.717, 1.165) is 18.2 Å². The van der Waals surface area contributed by atoms with Crippen molar-refractivity contribution >= 4 is 11.7 Å². The Morgan fingerprint density at radius 3 is 2.45 bits per heavy atom. The van der Waals surface area contributed by atoms with Crippen molar-refractivity contribution in [3.63, 3.8) is 0 Å². The lowest BCUT2D eigenvalue weighted by molar-refractivity contribution is -0.154. The van der Waals surface area contributed by atoms with Crippen molar-refractivity contribution in [3.8, 4) is 6.07 Å². The molecule has 0 amide bonds. The quantitative estimate of drug-likeness (QED) is 0.860. The second-order valence-electron chi connectivity index (χ2n) is 5.63. The first-order chi connectivity index (χ1) is 10.0. The number of nitrogens with zero attached hydrogens (tertiary/aromatic N) is 1. The van der Waals surface area contributed by atoms with Gasteiger partial charge in [0.2, 0.25) is 0 Å². The molecule has 0 saturated heterocycles. The lowest BCUT2D eigenvalue weighted by atomic mass is 10.1. The van der Waals surface area contributed by atoms with Gasteiger partial charge in [0.15, 0.2) is 0 Å². The van der Waals surface area contributed by atoms with Crippen LogP contribution in [0.2, 0.25) is 0 Å². The zero-order chi connectivity index (χ0) is 17.0. The number of hydrogen-bond acceptors (Lipinski definition) is 4. The highest BCUT2D eigenvalue weighted by molar-refractivity contribution is 5.70. The molecular weight excluding hydrogens is 297 g/mol. The van der Waals surface area contributed by atoms with E-state index in [1.807, 2.05) is 0 Å². The number of carbonyl (C=O) groups excluding carboxylic acids is 1. The molecule has 4 nitrogen and oxygen atoms in total. The molecule has 0 aliphatic carbocycles. The van der Waals surface area contributed by atoms with E-state index in [-0.39, 0.29) is 24.2 Å². The van der Waals surface area contributed by atoms with Crippen LogP contribution in [0.15, 0.2) is 18.2 Å². The fraction of sp³-hybridized carbons (Fsp3) is 0.467. The average Bonchev–Trinajstić information content (AvgIpc) is 2.35. The Morgan fingerprint density at radius 2 is 1.95 bits per heavy atom. The van der Waals surface area contributed by atoms with Crippen molar-refractivity contribution in [1.82, 2.24) is 0 Å². The first-order valence-corrected chi connectivity index (χ1v) is 6.60. The zero-order valence-electron chi connectivity index (χ0n) is 12.5. The van der Waals surface area contributed by atoms with E-state index in [1.54, 1.807) is 26.8 Å². The highest BCUT2D eigenvalue weighted by Crippen LogP contribution is 2.35. The summed E-state index contributed by atoms with van der Waals surface area (Å²) in [6, 6.07) is 4.83. The summed E-state index contributed by atoms with van der Waals surface area (Å²) in [7, 11) is 0. The van der Waals surface area contributed by atoms with Crippen LogP contribution in [0.4, 0.5) is 18.9 Å². The summed E-state index contributed by atoms with van der Waals surface area (Å²) in [6.07, 6.45) is -4.62. The molecule has 1 aromatic carbocycles. The van der Waals surface area contributed by atoms with Gasteiger partial charge in [0.1, 0.15) is 5.60 Å². The van der Waals surface area contributed by atoms with Gasteiger partial charge in [0, 0.05) is 12.2 Å². The van der Waals surface area contributed by atoms with Crippen molar-refractivity contribution in [2.45, 2.75) is 39.0 Å². The van der Waals surface area contributed by atoms with E-state index >= 15 is 0 Å². The first kappa shape index (κ1) is 17.8. The van der Waals surface area contributed by atoms with E-state index in [4.69, 9.17) is 10.00 Å². The smallest absolute Gasteiger partial charge is 0.418 e. The monoisotopic (exact) mass is 314 g/mol. The van der Waals surface area contributed by atoms with E-state index in [9.17, 15) is 18.0 Å². The number of halogens is 3. The molecule has 0 aliphatic heterocycles. The molecule has 0 atom stereocenters. The minimum atomic E-state index is -4.54. The lowest BCUT2D eigenvalue weighted by Crippen LogP contribution is -2.25. The summed E-state index contributed by atoms with van der Waals surface area (Å²) >= 11 is 0. The van der Waals surface area contributed by atoms with Crippen molar-refractivity contribution in [2.24, 2.45) is 0 Å². The van der Waals surface area contributed by atoms with Crippen molar-refractivity contribution in [1.29, 1.82) is 5.26 Å². The first-order valence-electron chi connectivity index (χ1n) is 6.60. The molecule has 120 valence electrons. The summed E-state index contributed by atoms with van der Waals surface area (Å²) in [5.74, 6) is -0.509. The zero-order valence-corrected chi connectivity index (χ0v) is 12.5. The number of esters is 1. The van der Waals surface area contributed by atoms with E-state index in [2.05, 4.69) is 5.32 Å². The van der Waals surface area contributed by atoms with Crippen LogP contribution in [0, 0.1) is 11.3 Å². The molecule has 0 aliphatic rings. The number of rotatable bonds is 4. The van der Waals surface area contributed by atoms with Crippen LogP contribution in [0.1, 0.15) is 38.3 Å². The van der Waals surface area contributed by atoms with Crippen LogP contribution < -0.4 is 5.32 Å². The van der Waals surface area contributed by atoms with E-state index in [1.165, 1.54) is 0 Å². The van der Waals surface area contributed by atoms with Crippen LogP contribution >= 0.6 is 0 Å². The molecule has 22 heavy (non-hydrogen) atoms. The molecule has 0 heterocycles. The second-order valence-corrected chi connectivity index (χ2v) is 5.63. The van der Waals surface area contributed by atoms with Gasteiger partial charge in [-0.3, -0.25) is 4.79 Å². The lowest BCUT2D eigenvalue weighted by Gasteiger charge is -2.20. The molecule has 0 spiro atoms. The Labute approximate surface area is 126 Å². The van der Waals surface area contributed by atoms with Gasteiger partial charge < -0.3 is 10.1 Å². The summed E-state index contributed by atoms with van der Waals surface area (Å²) in [5.41, 5.74) is -1.65. The normalized spacial score (nSPS) is 11.7. The number of anilines is 1. The van der Waals surface area contributed by atoms with Gasteiger partial charge >= 0.3 is 12.1 Å². The minimum Gasteiger partial charge on any atom is -0.460 e. The Balaban J connectivity index is 2.77. The number of carbonyl (C=O) groups is 1. The van der Waals surface area contributed by atoms with Crippen LogP contribution in [0.25, 0.3) is 0 Å². The van der Waals surface area contributed by atoms with Gasteiger partial charge in [0.05, 0.1) is 23.6 Å². The predicted molar refractivity (Wildman–Crippen MR) is 75.1 cm³/mol. The van der Waals surface area contributed by atoms with Crippen LogP contribution in [0.3, 0.4) is 0 Å². The summed E-state index contributed by atoms with van der Waals surface area (Å²) in [4.78, 5) is 11.5. The summed E-state index contributed by atoms with van der Waals surface area (Å²) in [5, 5.41) is 11.3. The topological polar surface area (TPSA) is 62.1 Å². The highest BCUT2D eigenvalue weighted by Gasteiger charge is 2.33. The van der Waals surface area contributed by atoms with Crippen molar-refractivity contribution in [2.75, 3.05) is 11.9 Å². The minimum absolute atomic E-state index is 0.0210. The third-order valence-electron chi connectivity index (χ3n) is 2.52. The number of nitrogens with one attached hydrogen (secondary N) is 1. The maximum absolute atomic E-state index is 12.9. The summed E-state index contributed by atoms with van der Waals surface area (Å²) in [6.45, 7) is 5.09. The van der Waals surface area contributed by atoms with Gasteiger partial charge in [-0.1, -0.05) is 0 Å². The Bertz CT molecular complexity index is 584. The standard InChI is InChI=1S/C15H17F3N2O2/c1-14(2,3)22-13(21)6-7-20-12-8-10(9-19)4-5-11(12)15(16,17)18/h4-5,8,20H,6-7H2,1-3H3. The Kier molecular flexibility index (Phi) is 5.42. The molecule has 1 aromatic rings. The highest BCUT2D eigenvalue weighted by atomic mass is 19.4. The van der Waals surface area contributed by atoms with E-state index in [0.29, 0.717) is 0 Å². The van der Waals surface area contributed by atoms with Gasteiger partial charge in [-0.25, -0.2) is 0 Å². The molecular formula is C15H17F3N2O2. The van der Waals surface area contributed by atoms with Crippen LogP contribution in [-0.2, 0) is 15.7 Å². The number of alkyl halides is 3. The largest absolute Gasteiger partial charge is 0.460 e. The molecule has 1 N–H and O–H groups in total. The Morgan fingerprint density at radius 1 is 1.32 bits per heavy atom. The molecule has 0 radical (unpaired) electrons. The Hall–Kier alpha value is -2.23. The maximum atomic E-state index is 12.9. The summed E-state index contributed by atoms with van der Waals surface area (Å²) < 4.78 is 43.7. The van der Waals surface area contributed by atoms with Crippen molar-refractivity contribution < 1.29 is 22.7 Å². The molecule has 0 aromatic heterocycles. The van der Waals surface area contributed by atoms with E-state index < -0.39 is 23.3 Å². The number of ether oxygens (including phenoxy) is 1. The molecule has 0 bridgehead atoms. The van der Waals surface area contributed by atoms with Crippen LogP contribution in [0.5, 0.6) is 0 Å². The number of hydrogen-bond donors (Lipinski definition) is 1. The predicted octanol–water partition coefficient (Wildman–Crippen LogP) is 3.72. The molecule has 0 unspecified atom stereocenters. The molecule has 7 heteroatoms. The SMILES string of the molecule is CC(C)(C)OC(=O)CCNc1cc(C#N)ccc1C(F)(F)F. The van der Waals surface area contributed by atoms with Gasteiger partial charge in [-0.15, -0.1) is 0 Å². The number of nitriles is 1. The fourth-order valence-electron chi connectivity index (χ4n) is 1.70. The fourth-order valence-corrected chi connectivity index (χ4v) is 1.70. The van der Waals surface area contributed by atoms with Crippen molar-refractivity contribution in [3.05, 3.63) is 29.3 Å². The molecule has 0 saturated carbocycles. The average molecular weight is 314 g/mol. The van der Waals surface area contributed by atoms with Gasteiger partial charge in [-0.05, 0) is 39.0 Å². The molecule has 1 rings (SSSR count). The molecule has 0 fully saturated rings. The van der Waals surface area contributed by atoms with Gasteiger partial charge in [-0.2, -0.15) is 18.4 Å². The maximum Gasteiger partial charge on any atom is 0.418 e. The third-order valence-corrected chi connectivity index (χ3v) is 2.52. The number of benzene rings is 1. The third kappa shape index (κ3) is 5.64. The second kappa shape index (κ2) is 6.69. The van der Waals surface area contributed by atoms with Gasteiger partial charge in [0.25, 0.3) is 0 Å². The van der Waals surface area contributed by atoms with Crippen LogP contribution in [-0.4, -0.2) is 18.1 Å².